The van der Waals surface area contributed by atoms with Crippen LogP contribution in [0, 0.1) is 0 Å². The number of nitrogens with zero attached hydrogens (tertiary/aromatic N) is 2. The molecule has 1 fully saturated rings. The number of esters is 1. The summed E-state index contributed by atoms with van der Waals surface area (Å²) in [6, 6.07) is 19.6. The molecule has 1 saturated heterocycles. The first kappa shape index (κ1) is 18.9. The fraction of sp³-hybridized carbons (Fsp3) is 0.300. The summed E-state index contributed by atoms with van der Waals surface area (Å²) >= 11 is 6.87. The highest BCUT2D eigenvalue weighted by Gasteiger charge is 2.20. The maximum atomic E-state index is 11.9. The summed E-state index contributed by atoms with van der Waals surface area (Å²) in [4.78, 5) is 16.5. The van der Waals surface area contributed by atoms with Gasteiger partial charge in [0.1, 0.15) is 10.1 Å². The van der Waals surface area contributed by atoms with Crippen LogP contribution in [0.1, 0.15) is 5.56 Å². The number of thioether (sulfide) groups is 1. The Balaban J connectivity index is 1.37. The average molecular weight is 387 g/mol. The molecule has 0 N–H and O–H groups in total. The zero-order valence-corrected chi connectivity index (χ0v) is 16.2. The van der Waals surface area contributed by atoms with Crippen LogP contribution >= 0.6 is 24.0 Å². The molecule has 0 amide bonds. The van der Waals surface area contributed by atoms with Gasteiger partial charge in [-0.15, -0.1) is 0 Å². The molecule has 26 heavy (non-hydrogen) atoms. The van der Waals surface area contributed by atoms with Gasteiger partial charge in [0.15, 0.2) is 0 Å². The third-order valence-electron chi connectivity index (χ3n) is 4.17. The van der Waals surface area contributed by atoms with Gasteiger partial charge in [0.05, 0.1) is 5.75 Å². The molecule has 0 aromatic heterocycles. The third-order valence-corrected chi connectivity index (χ3v) is 5.66. The average Bonchev–Trinajstić information content (AvgIpc) is 2.68. The number of ether oxygens (including phenoxy) is 1. The van der Waals surface area contributed by atoms with Crippen LogP contribution in [-0.4, -0.2) is 52.0 Å². The van der Waals surface area contributed by atoms with E-state index >= 15 is 0 Å². The van der Waals surface area contributed by atoms with Crippen LogP contribution in [0.3, 0.4) is 0 Å². The van der Waals surface area contributed by atoms with Gasteiger partial charge in [-0.2, -0.15) is 0 Å². The lowest BCUT2D eigenvalue weighted by Crippen LogP contribution is -2.47. The van der Waals surface area contributed by atoms with Gasteiger partial charge in [-0.05, 0) is 17.7 Å². The smallest absolute Gasteiger partial charge is 0.321 e. The van der Waals surface area contributed by atoms with Gasteiger partial charge in [0.2, 0.25) is 0 Å². The maximum Gasteiger partial charge on any atom is 0.321 e. The second-order valence-corrected chi connectivity index (χ2v) is 7.70. The van der Waals surface area contributed by atoms with Crippen LogP contribution in [0.15, 0.2) is 60.7 Å². The highest BCUT2D eigenvalue weighted by molar-refractivity contribution is 8.23. The Morgan fingerprint density at radius 3 is 2.23 bits per heavy atom. The lowest BCUT2D eigenvalue weighted by Gasteiger charge is -2.35. The molecule has 0 saturated carbocycles. The van der Waals surface area contributed by atoms with Gasteiger partial charge in [-0.1, -0.05) is 72.5 Å². The highest BCUT2D eigenvalue weighted by atomic mass is 32.2. The van der Waals surface area contributed by atoms with Gasteiger partial charge in [-0.25, -0.2) is 0 Å². The molecule has 1 heterocycles. The fourth-order valence-electron chi connectivity index (χ4n) is 2.79. The van der Waals surface area contributed by atoms with Gasteiger partial charge in [0, 0.05) is 32.7 Å². The standard InChI is InChI=1S/C20H22N2O2S2/c23-19(24-18-9-5-2-6-10-18)16-26-20(25)22-13-11-21(12-14-22)15-17-7-3-1-4-8-17/h1-10H,11-16H2. The van der Waals surface area contributed by atoms with E-state index in [4.69, 9.17) is 17.0 Å². The van der Waals surface area contributed by atoms with Gasteiger partial charge in [0.25, 0.3) is 0 Å². The molecule has 6 heteroatoms. The maximum absolute atomic E-state index is 11.9. The van der Waals surface area contributed by atoms with Gasteiger partial charge < -0.3 is 9.64 Å². The van der Waals surface area contributed by atoms with Crippen molar-refractivity contribution in [3.05, 3.63) is 66.2 Å². The minimum absolute atomic E-state index is 0.234. The van der Waals surface area contributed by atoms with E-state index in [1.165, 1.54) is 17.3 Å². The fourth-order valence-corrected chi connectivity index (χ4v) is 3.82. The number of carbonyl (C=O) groups excluding carboxylic acids is 1. The van der Waals surface area contributed by atoms with Gasteiger partial charge >= 0.3 is 5.97 Å². The predicted octanol–water partition coefficient (Wildman–Crippen LogP) is 3.43. The van der Waals surface area contributed by atoms with Crippen LogP contribution in [-0.2, 0) is 11.3 Å². The molecule has 2 aromatic carbocycles. The van der Waals surface area contributed by atoms with Crippen molar-refractivity contribution in [2.45, 2.75) is 6.54 Å². The van der Waals surface area contributed by atoms with Crippen molar-refractivity contribution in [3.63, 3.8) is 0 Å². The normalized spacial score (nSPS) is 14.8. The van der Waals surface area contributed by atoms with E-state index in [1.807, 2.05) is 24.3 Å². The molecule has 1 aliphatic rings. The van der Waals surface area contributed by atoms with Crippen molar-refractivity contribution in [2.75, 3.05) is 31.9 Å². The molecule has 3 rings (SSSR count). The lowest BCUT2D eigenvalue weighted by molar-refractivity contribution is -0.131. The lowest BCUT2D eigenvalue weighted by atomic mass is 10.2. The summed E-state index contributed by atoms with van der Waals surface area (Å²) in [5, 5.41) is 0. The van der Waals surface area contributed by atoms with Crippen molar-refractivity contribution < 1.29 is 9.53 Å². The number of hydrogen-bond donors (Lipinski definition) is 0. The molecule has 0 atom stereocenters. The number of para-hydroxylation sites is 1. The molecule has 0 bridgehead atoms. The number of rotatable bonds is 5. The Hall–Kier alpha value is -1.89. The van der Waals surface area contributed by atoms with E-state index in [1.54, 1.807) is 12.1 Å². The van der Waals surface area contributed by atoms with E-state index in [9.17, 15) is 4.79 Å². The van der Waals surface area contributed by atoms with E-state index in [0.29, 0.717) is 5.75 Å². The minimum atomic E-state index is -0.272. The van der Waals surface area contributed by atoms with Crippen LogP contribution in [0.25, 0.3) is 0 Å². The summed E-state index contributed by atoms with van der Waals surface area (Å²) in [5.74, 6) is 0.530. The predicted molar refractivity (Wildman–Crippen MR) is 110 cm³/mol. The summed E-state index contributed by atoms with van der Waals surface area (Å²) in [5.41, 5.74) is 1.33. The van der Waals surface area contributed by atoms with Crippen LogP contribution in [0.4, 0.5) is 0 Å². The number of hydrogen-bond acceptors (Lipinski definition) is 5. The molecular formula is C20H22N2O2S2. The van der Waals surface area contributed by atoms with Crippen LogP contribution < -0.4 is 4.74 Å². The van der Waals surface area contributed by atoms with Crippen LogP contribution in [0.2, 0.25) is 0 Å². The molecule has 0 aliphatic carbocycles. The van der Waals surface area contributed by atoms with Crippen molar-refractivity contribution in [1.29, 1.82) is 0 Å². The number of piperazine rings is 1. The molecule has 0 unspecified atom stereocenters. The Morgan fingerprint density at radius 2 is 1.58 bits per heavy atom. The van der Waals surface area contributed by atoms with Crippen molar-refractivity contribution in [1.82, 2.24) is 9.80 Å². The second kappa shape index (κ2) is 9.71. The first-order valence-corrected chi connectivity index (χ1v) is 10.0. The number of carbonyl (C=O) groups is 1. The molecule has 136 valence electrons. The first-order valence-electron chi connectivity index (χ1n) is 8.64. The molecule has 0 radical (unpaired) electrons. The largest absolute Gasteiger partial charge is 0.426 e. The summed E-state index contributed by atoms with van der Waals surface area (Å²) < 4.78 is 6.06. The molecule has 0 spiro atoms. The van der Waals surface area contributed by atoms with E-state index in [2.05, 4.69) is 34.1 Å². The first-order chi connectivity index (χ1) is 12.7. The van der Waals surface area contributed by atoms with Gasteiger partial charge in [-0.3, -0.25) is 9.69 Å². The quantitative estimate of drug-likeness (QED) is 0.445. The Bertz CT molecular complexity index is 717. The topological polar surface area (TPSA) is 32.8 Å². The highest BCUT2D eigenvalue weighted by Crippen LogP contribution is 2.16. The second-order valence-electron chi connectivity index (χ2n) is 6.09. The van der Waals surface area contributed by atoms with E-state index < -0.39 is 0 Å². The Labute approximate surface area is 164 Å². The minimum Gasteiger partial charge on any atom is -0.426 e. The molecule has 4 nitrogen and oxygen atoms in total. The third kappa shape index (κ3) is 5.83. The molecular weight excluding hydrogens is 364 g/mol. The Morgan fingerprint density at radius 1 is 0.962 bits per heavy atom. The van der Waals surface area contributed by atoms with Crippen LogP contribution in [0.5, 0.6) is 5.75 Å². The number of benzene rings is 2. The summed E-state index contributed by atoms with van der Waals surface area (Å²) in [7, 11) is 0. The van der Waals surface area contributed by atoms with E-state index in [-0.39, 0.29) is 11.7 Å². The van der Waals surface area contributed by atoms with Crippen molar-refractivity contribution >= 4 is 34.3 Å². The molecule has 2 aromatic rings. The van der Waals surface area contributed by atoms with E-state index in [0.717, 1.165) is 37.0 Å². The summed E-state index contributed by atoms with van der Waals surface area (Å²) in [6.07, 6.45) is 0. The zero-order chi connectivity index (χ0) is 18.2. The van der Waals surface area contributed by atoms with Crippen molar-refractivity contribution in [3.8, 4) is 5.75 Å². The number of thiocarbonyl (C=S) groups is 1. The molecule has 1 aliphatic heterocycles. The Kier molecular flexibility index (Phi) is 7.05. The summed E-state index contributed by atoms with van der Waals surface area (Å²) in [6.45, 7) is 4.71. The SMILES string of the molecule is O=C(CSC(=S)N1CCN(Cc2ccccc2)CC1)Oc1ccccc1. The zero-order valence-electron chi connectivity index (χ0n) is 14.5. The van der Waals surface area contributed by atoms with Crippen molar-refractivity contribution in [2.24, 2.45) is 0 Å². The monoisotopic (exact) mass is 386 g/mol.